The second kappa shape index (κ2) is 11.5. The normalized spacial score (nSPS) is 16.8. The molecule has 5 heterocycles. The topological polar surface area (TPSA) is 126 Å². The van der Waals surface area contributed by atoms with E-state index in [0.717, 1.165) is 17.7 Å². The number of pyridine rings is 1. The fourth-order valence-electron chi connectivity index (χ4n) is 5.74. The van der Waals surface area contributed by atoms with Gasteiger partial charge in [-0.05, 0) is 47.5 Å². The lowest BCUT2D eigenvalue weighted by Gasteiger charge is -2.38. The number of carbonyl (C=O) groups excluding carboxylic acids is 2. The van der Waals surface area contributed by atoms with Gasteiger partial charge in [0.25, 0.3) is 5.91 Å². The monoisotopic (exact) mass is 599 g/mol. The van der Waals surface area contributed by atoms with Gasteiger partial charge < -0.3 is 14.2 Å². The summed E-state index contributed by atoms with van der Waals surface area (Å²) in [5, 5.41) is 11.3. The lowest BCUT2D eigenvalue weighted by atomic mass is 10.0. The number of piperazine rings is 1. The molecule has 0 radical (unpaired) electrons. The molecule has 0 aliphatic carbocycles. The van der Waals surface area contributed by atoms with Crippen LogP contribution in [0.3, 0.4) is 0 Å². The van der Waals surface area contributed by atoms with Crippen LogP contribution in [0.25, 0.3) is 22.6 Å². The SMILES string of the molecule is O=C(c1cc(-c2nc3cc(N4CCCC4=O)ccc3o2)ccn1)N1CCN([C@@H](c2ccccc2)c2nnn(C(F)F)n2)CC1. The number of hydrogen-bond donors (Lipinski definition) is 0. The second-order valence-electron chi connectivity index (χ2n) is 10.6. The number of alkyl halides is 2. The molecule has 44 heavy (non-hydrogen) atoms. The number of nitrogens with zero attached hydrogens (tertiary/aromatic N) is 9. The highest BCUT2D eigenvalue weighted by molar-refractivity contribution is 5.97. The zero-order valence-electron chi connectivity index (χ0n) is 23.5. The highest BCUT2D eigenvalue weighted by Crippen LogP contribution is 2.30. The lowest BCUT2D eigenvalue weighted by molar-refractivity contribution is -0.117. The van der Waals surface area contributed by atoms with Gasteiger partial charge in [-0.25, -0.2) is 4.98 Å². The molecule has 2 amide bonds. The van der Waals surface area contributed by atoms with Crippen molar-refractivity contribution in [2.24, 2.45) is 0 Å². The number of oxazole rings is 1. The third-order valence-corrected chi connectivity index (χ3v) is 7.93. The van der Waals surface area contributed by atoms with E-state index in [0.29, 0.717) is 66.5 Å². The summed E-state index contributed by atoms with van der Waals surface area (Å²) in [5.74, 6) is 0.373. The average molecular weight is 600 g/mol. The molecule has 2 fully saturated rings. The van der Waals surface area contributed by atoms with Gasteiger partial charge >= 0.3 is 6.55 Å². The van der Waals surface area contributed by atoms with Crippen molar-refractivity contribution < 1.29 is 22.8 Å². The minimum atomic E-state index is -2.89. The molecule has 0 spiro atoms. The van der Waals surface area contributed by atoms with Crippen LogP contribution in [0.2, 0.25) is 0 Å². The van der Waals surface area contributed by atoms with Crippen LogP contribution >= 0.6 is 0 Å². The fraction of sp³-hybridized carbons (Fsp3) is 0.300. The molecular weight excluding hydrogens is 572 g/mol. The Hall–Kier alpha value is -5.11. The van der Waals surface area contributed by atoms with Crippen molar-refractivity contribution in [3.8, 4) is 11.5 Å². The van der Waals surface area contributed by atoms with Crippen molar-refractivity contribution >= 4 is 28.6 Å². The van der Waals surface area contributed by atoms with Crippen molar-refractivity contribution in [2.75, 3.05) is 37.6 Å². The van der Waals surface area contributed by atoms with Crippen molar-refractivity contribution in [1.82, 2.24) is 40.0 Å². The summed E-state index contributed by atoms with van der Waals surface area (Å²) in [6.07, 6.45) is 2.92. The van der Waals surface area contributed by atoms with Gasteiger partial charge in [-0.2, -0.15) is 8.78 Å². The van der Waals surface area contributed by atoms with E-state index in [1.807, 2.05) is 42.5 Å². The third kappa shape index (κ3) is 5.28. The molecular formula is C30H27F2N9O3. The zero-order chi connectivity index (χ0) is 30.2. The molecule has 12 nitrogen and oxygen atoms in total. The van der Waals surface area contributed by atoms with E-state index in [4.69, 9.17) is 4.42 Å². The Bertz CT molecular complexity index is 1820. The largest absolute Gasteiger partial charge is 0.436 e. The fourth-order valence-corrected chi connectivity index (χ4v) is 5.74. The summed E-state index contributed by atoms with van der Waals surface area (Å²) in [7, 11) is 0. The van der Waals surface area contributed by atoms with E-state index in [9.17, 15) is 18.4 Å². The summed E-state index contributed by atoms with van der Waals surface area (Å²) in [4.78, 5) is 40.4. The maximum atomic E-state index is 13.5. The standard InChI is InChI=1S/C30H27F2N9O3/c31-30(32)41-36-27(35-37-41)26(19-5-2-1-3-6-19)38-13-15-39(16-14-38)29(43)23-17-20(10-11-33-23)28-34-22-18-21(8-9-24(22)44-28)40-12-4-7-25(40)42/h1-3,5-6,8-11,17-18,26,30H,4,7,12-16H2/t26-/m0/s1. The molecule has 14 heteroatoms. The predicted octanol–water partition coefficient (Wildman–Crippen LogP) is 3.95. The summed E-state index contributed by atoms with van der Waals surface area (Å²) in [6, 6.07) is 17.8. The van der Waals surface area contributed by atoms with Crippen molar-refractivity contribution in [3.05, 3.63) is 83.9 Å². The smallest absolute Gasteiger partial charge is 0.350 e. The Morgan fingerprint density at radius 1 is 0.955 bits per heavy atom. The van der Waals surface area contributed by atoms with Gasteiger partial charge in [0.15, 0.2) is 11.4 Å². The summed E-state index contributed by atoms with van der Waals surface area (Å²) >= 11 is 0. The maximum Gasteiger partial charge on any atom is 0.350 e. The molecule has 3 aromatic heterocycles. The van der Waals surface area contributed by atoms with Crippen LogP contribution in [0.15, 0.2) is 71.3 Å². The first-order chi connectivity index (χ1) is 21.4. The summed E-state index contributed by atoms with van der Waals surface area (Å²) < 4.78 is 32.3. The number of fused-ring (bicyclic) bond motifs is 1. The van der Waals surface area contributed by atoms with Crippen LogP contribution in [0, 0.1) is 0 Å². The number of amides is 2. The van der Waals surface area contributed by atoms with Crippen molar-refractivity contribution in [3.63, 3.8) is 0 Å². The first-order valence-electron chi connectivity index (χ1n) is 14.3. The number of anilines is 1. The Kier molecular flexibility index (Phi) is 7.26. The zero-order valence-corrected chi connectivity index (χ0v) is 23.5. The van der Waals surface area contributed by atoms with Crippen LogP contribution < -0.4 is 4.90 Å². The van der Waals surface area contributed by atoms with Gasteiger partial charge in [-0.15, -0.1) is 10.2 Å². The highest BCUT2D eigenvalue weighted by Gasteiger charge is 2.32. The van der Waals surface area contributed by atoms with E-state index in [-0.39, 0.29) is 23.3 Å². The number of halogens is 2. The number of benzene rings is 2. The number of aromatic nitrogens is 6. The Labute approximate surface area is 249 Å². The number of hydrogen-bond acceptors (Lipinski definition) is 9. The van der Waals surface area contributed by atoms with Gasteiger partial charge in [0.2, 0.25) is 11.8 Å². The second-order valence-corrected chi connectivity index (χ2v) is 10.6. The molecule has 0 N–H and O–H groups in total. The number of carbonyl (C=O) groups is 2. The summed E-state index contributed by atoms with van der Waals surface area (Å²) in [6.45, 7) is -0.514. The molecule has 7 rings (SSSR count). The quantitative estimate of drug-likeness (QED) is 0.273. The molecule has 5 aromatic rings. The van der Waals surface area contributed by atoms with Gasteiger partial charge in [0.1, 0.15) is 11.2 Å². The Balaban J connectivity index is 1.07. The number of rotatable bonds is 7. The Morgan fingerprint density at radius 3 is 2.50 bits per heavy atom. The average Bonchev–Trinajstić information content (AvgIpc) is 3.82. The van der Waals surface area contributed by atoms with Crippen molar-refractivity contribution in [1.29, 1.82) is 0 Å². The van der Waals surface area contributed by atoms with Gasteiger partial charge in [-0.3, -0.25) is 19.5 Å². The van der Waals surface area contributed by atoms with Gasteiger partial charge in [0.05, 0.1) is 6.04 Å². The van der Waals surface area contributed by atoms with Crippen LogP contribution in [0.1, 0.15) is 47.3 Å². The first kappa shape index (κ1) is 27.7. The van der Waals surface area contributed by atoms with Gasteiger partial charge in [0, 0.05) is 56.6 Å². The van der Waals surface area contributed by atoms with E-state index in [1.54, 1.807) is 34.2 Å². The lowest BCUT2D eigenvalue weighted by Crippen LogP contribution is -2.50. The predicted molar refractivity (Wildman–Crippen MR) is 154 cm³/mol. The minimum Gasteiger partial charge on any atom is -0.436 e. The molecule has 0 saturated carbocycles. The van der Waals surface area contributed by atoms with Crippen molar-refractivity contribution in [2.45, 2.75) is 25.4 Å². The molecule has 2 aliphatic heterocycles. The molecule has 2 aliphatic rings. The first-order valence-corrected chi connectivity index (χ1v) is 14.3. The van der Waals surface area contributed by atoms with Crippen LogP contribution in [-0.4, -0.2) is 84.5 Å². The molecule has 2 saturated heterocycles. The number of tetrazole rings is 1. The van der Waals surface area contributed by atoms with Crippen LogP contribution in [0.4, 0.5) is 14.5 Å². The Morgan fingerprint density at radius 2 is 1.77 bits per heavy atom. The van der Waals surface area contributed by atoms with E-state index < -0.39 is 12.6 Å². The molecule has 0 bridgehead atoms. The third-order valence-electron chi connectivity index (χ3n) is 7.93. The van der Waals surface area contributed by atoms with Gasteiger partial charge in [-0.1, -0.05) is 35.1 Å². The van der Waals surface area contributed by atoms with E-state index in [1.165, 1.54) is 0 Å². The van der Waals surface area contributed by atoms with E-state index in [2.05, 4.69) is 30.3 Å². The summed E-state index contributed by atoms with van der Waals surface area (Å²) in [5.41, 5.74) is 3.68. The minimum absolute atomic E-state index is 0.0953. The maximum absolute atomic E-state index is 13.5. The molecule has 0 unspecified atom stereocenters. The van der Waals surface area contributed by atoms with E-state index >= 15 is 0 Å². The molecule has 224 valence electrons. The molecule has 1 atom stereocenters. The molecule has 2 aromatic carbocycles. The van der Waals surface area contributed by atoms with Crippen LogP contribution in [-0.2, 0) is 4.79 Å². The highest BCUT2D eigenvalue weighted by atomic mass is 19.3. The van der Waals surface area contributed by atoms with Crippen LogP contribution in [0.5, 0.6) is 0 Å².